The number of rotatable bonds is 7. The molecule has 6 nitrogen and oxygen atoms in total. The number of carbonyl (C=O) groups is 1. The largest absolute Gasteiger partial charge is 0.457 e. The van der Waals surface area contributed by atoms with Crippen molar-refractivity contribution in [3.05, 3.63) is 113 Å². The molecule has 0 saturated carbocycles. The van der Waals surface area contributed by atoms with E-state index in [0.29, 0.717) is 39.0 Å². The average molecular weight is 493 g/mol. The second kappa shape index (κ2) is 9.99. The minimum Gasteiger partial charge on any atom is -0.457 e. The highest BCUT2D eigenvalue weighted by Gasteiger charge is 2.18. The number of halogens is 1. The van der Waals surface area contributed by atoms with Gasteiger partial charge in [0.15, 0.2) is 0 Å². The SMILES string of the molecule is Cc1ccc(S(=O)(=O)Nc2ccc(Cl)cc2)cc1NC(=O)c1ccccc1Oc1ccccc1. The number of anilines is 2. The molecule has 8 heteroatoms. The maximum atomic E-state index is 13.1. The quantitative estimate of drug-likeness (QED) is 0.308. The molecule has 0 saturated heterocycles. The minimum absolute atomic E-state index is 0.0113. The standard InChI is InChI=1S/C26H21ClN2O4S/c1-18-11-16-22(34(31,32)29-20-14-12-19(27)13-15-20)17-24(18)28-26(30)23-9-5-6-10-25(23)33-21-7-3-2-4-8-21/h2-17,29H,1H3,(H,28,30). The van der Waals surface area contributed by atoms with Crippen LogP contribution in [0.5, 0.6) is 11.5 Å². The van der Waals surface area contributed by atoms with Crippen molar-refractivity contribution in [1.29, 1.82) is 0 Å². The van der Waals surface area contributed by atoms with E-state index in [0.717, 1.165) is 0 Å². The van der Waals surface area contributed by atoms with Gasteiger partial charge in [-0.1, -0.05) is 48.0 Å². The number of nitrogens with one attached hydrogen (secondary N) is 2. The average Bonchev–Trinajstić information content (AvgIpc) is 2.83. The summed E-state index contributed by atoms with van der Waals surface area (Å²) in [5, 5.41) is 3.31. The third-order valence-electron chi connectivity index (χ3n) is 4.97. The number of hydrogen-bond donors (Lipinski definition) is 2. The van der Waals surface area contributed by atoms with Gasteiger partial charge in [-0.2, -0.15) is 0 Å². The van der Waals surface area contributed by atoms with Gasteiger partial charge < -0.3 is 10.1 Å². The molecular formula is C26H21ClN2O4S. The van der Waals surface area contributed by atoms with Crippen molar-refractivity contribution in [1.82, 2.24) is 0 Å². The Labute approximate surface area is 203 Å². The first-order chi connectivity index (χ1) is 16.3. The molecule has 1 amide bonds. The molecule has 0 bridgehead atoms. The van der Waals surface area contributed by atoms with Crippen LogP contribution < -0.4 is 14.8 Å². The lowest BCUT2D eigenvalue weighted by molar-refractivity contribution is 0.102. The number of ether oxygens (including phenoxy) is 1. The Bertz CT molecular complexity index is 1420. The summed E-state index contributed by atoms with van der Waals surface area (Å²) in [6.07, 6.45) is 0. The number of sulfonamides is 1. The smallest absolute Gasteiger partial charge is 0.261 e. The zero-order valence-corrected chi connectivity index (χ0v) is 19.7. The van der Waals surface area contributed by atoms with Gasteiger partial charge in [-0.15, -0.1) is 0 Å². The first kappa shape index (κ1) is 23.4. The summed E-state index contributed by atoms with van der Waals surface area (Å²) in [5.41, 5.74) is 1.78. The lowest BCUT2D eigenvalue weighted by Gasteiger charge is -2.14. The molecule has 0 atom stereocenters. The van der Waals surface area contributed by atoms with Gasteiger partial charge in [-0.05, 0) is 73.2 Å². The van der Waals surface area contributed by atoms with Crippen molar-refractivity contribution in [3.63, 3.8) is 0 Å². The highest BCUT2D eigenvalue weighted by Crippen LogP contribution is 2.28. The van der Waals surface area contributed by atoms with E-state index in [9.17, 15) is 13.2 Å². The highest BCUT2D eigenvalue weighted by atomic mass is 35.5. The fourth-order valence-electron chi connectivity index (χ4n) is 3.18. The zero-order valence-electron chi connectivity index (χ0n) is 18.2. The minimum atomic E-state index is -3.88. The Balaban J connectivity index is 1.57. The van der Waals surface area contributed by atoms with Crippen LogP contribution in [0.25, 0.3) is 0 Å². The van der Waals surface area contributed by atoms with Crippen LogP contribution in [0.15, 0.2) is 102 Å². The first-order valence-electron chi connectivity index (χ1n) is 10.3. The molecule has 0 aromatic heterocycles. The van der Waals surface area contributed by atoms with Crippen LogP contribution in [-0.2, 0) is 10.0 Å². The summed E-state index contributed by atoms with van der Waals surface area (Å²) >= 11 is 5.87. The predicted octanol–water partition coefficient (Wildman–Crippen LogP) is 6.49. The van der Waals surface area contributed by atoms with Crippen molar-refractivity contribution in [2.45, 2.75) is 11.8 Å². The van der Waals surface area contributed by atoms with E-state index in [1.54, 1.807) is 73.7 Å². The van der Waals surface area contributed by atoms with E-state index in [1.807, 2.05) is 18.2 Å². The van der Waals surface area contributed by atoms with E-state index in [4.69, 9.17) is 16.3 Å². The fraction of sp³-hybridized carbons (Fsp3) is 0.0385. The van der Waals surface area contributed by atoms with Gasteiger partial charge in [-0.25, -0.2) is 8.42 Å². The lowest BCUT2D eigenvalue weighted by Crippen LogP contribution is -2.16. The maximum Gasteiger partial charge on any atom is 0.261 e. The molecule has 0 aliphatic heterocycles. The van der Waals surface area contributed by atoms with E-state index in [2.05, 4.69) is 10.0 Å². The van der Waals surface area contributed by atoms with Crippen molar-refractivity contribution in [2.24, 2.45) is 0 Å². The monoisotopic (exact) mass is 492 g/mol. The molecular weight excluding hydrogens is 472 g/mol. The molecule has 4 aromatic carbocycles. The molecule has 0 radical (unpaired) electrons. The summed E-state index contributed by atoms with van der Waals surface area (Å²) in [7, 11) is -3.88. The molecule has 2 N–H and O–H groups in total. The molecule has 0 heterocycles. The Morgan fingerprint density at radius 2 is 1.53 bits per heavy atom. The van der Waals surface area contributed by atoms with Crippen LogP contribution in [0, 0.1) is 6.92 Å². The molecule has 0 unspecified atom stereocenters. The van der Waals surface area contributed by atoms with Crippen molar-refractivity contribution in [2.75, 3.05) is 10.0 Å². The Kier molecular flexibility index (Phi) is 6.86. The van der Waals surface area contributed by atoms with Gasteiger partial charge in [0.1, 0.15) is 11.5 Å². The molecule has 0 aliphatic carbocycles. The van der Waals surface area contributed by atoms with Crippen LogP contribution in [0.1, 0.15) is 15.9 Å². The Morgan fingerprint density at radius 3 is 2.26 bits per heavy atom. The van der Waals surface area contributed by atoms with Gasteiger partial charge >= 0.3 is 0 Å². The number of para-hydroxylation sites is 2. The van der Waals surface area contributed by atoms with Crippen LogP contribution in [-0.4, -0.2) is 14.3 Å². The van der Waals surface area contributed by atoms with Crippen molar-refractivity contribution >= 4 is 38.9 Å². The fourth-order valence-corrected chi connectivity index (χ4v) is 4.39. The number of aryl methyl sites for hydroxylation is 1. The van der Waals surface area contributed by atoms with E-state index in [1.165, 1.54) is 12.1 Å². The Hall–Kier alpha value is -3.81. The Morgan fingerprint density at radius 1 is 0.853 bits per heavy atom. The summed E-state index contributed by atoms with van der Waals surface area (Å²) in [6.45, 7) is 1.78. The molecule has 4 rings (SSSR count). The normalized spacial score (nSPS) is 11.0. The number of carbonyl (C=O) groups excluding carboxylic acids is 1. The number of amides is 1. The van der Waals surface area contributed by atoms with Crippen LogP contribution in [0.4, 0.5) is 11.4 Å². The highest BCUT2D eigenvalue weighted by molar-refractivity contribution is 7.92. The molecule has 0 fully saturated rings. The van der Waals surface area contributed by atoms with Crippen LogP contribution in [0.2, 0.25) is 5.02 Å². The van der Waals surface area contributed by atoms with Gasteiger partial charge in [-0.3, -0.25) is 9.52 Å². The van der Waals surface area contributed by atoms with Gasteiger partial charge in [0, 0.05) is 16.4 Å². The van der Waals surface area contributed by atoms with E-state index < -0.39 is 15.9 Å². The predicted molar refractivity (Wildman–Crippen MR) is 134 cm³/mol. The second-order valence-electron chi connectivity index (χ2n) is 7.45. The van der Waals surface area contributed by atoms with Gasteiger partial charge in [0.2, 0.25) is 0 Å². The maximum absolute atomic E-state index is 13.1. The lowest BCUT2D eigenvalue weighted by atomic mass is 10.1. The molecule has 34 heavy (non-hydrogen) atoms. The molecule has 172 valence electrons. The molecule has 0 aliphatic rings. The summed E-state index contributed by atoms with van der Waals surface area (Å²) < 4.78 is 34.2. The number of benzene rings is 4. The van der Waals surface area contributed by atoms with E-state index >= 15 is 0 Å². The van der Waals surface area contributed by atoms with Crippen molar-refractivity contribution < 1.29 is 17.9 Å². The van der Waals surface area contributed by atoms with Crippen molar-refractivity contribution in [3.8, 4) is 11.5 Å². The van der Waals surface area contributed by atoms with E-state index in [-0.39, 0.29) is 4.90 Å². The third-order valence-corrected chi connectivity index (χ3v) is 6.60. The van der Waals surface area contributed by atoms with Gasteiger partial charge in [0.25, 0.3) is 15.9 Å². The molecule has 4 aromatic rings. The van der Waals surface area contributed by atoms with Crippen LogP contribution >= 0.6 is 11.6 Å². The van der Waals surface area contributed by atoms with Crippen LogP contribution in [0.3, 0.4) is 0 Å². The number of hydrogen-bond acceptors (Lipinski definition) is 4. The summed E-state index contributed by atoms with van der Waals surface area (Å²) in [6, 6.07) is 26.9. The third kappa shape index (κ3) is 5.57. The first-order valence-corrected chi connectivity index (χ1v) is 12.2. The summed E-state index contributed by atoms with van der Waals surface area (Å²) in [4.78, 5) is 13.1. The van der Waals surface area contributed by atoms with Gasteiger partial charge in [0.05, 0.1) is 10.5 Å². The molecule has 0 spiro atoms. The zero-order chi connectivity index (χ0) is 24.1. The second-order valence-corrected chi connectivity index (χ2v) is 9.57. The summed E-state index contributed by atoms with van der Waals surface area (Å²) in [5.74, 6) is 0.562. The topological polar surface area (TPSA) is 84.5 Å².